The fourth-order valence-electron chi connectivity index (χ4n) is 2.92. The van der Waals surface area contributed by atoms with E-state index in [0.717, 1.165) is 6.07 Å². The lowest BCUT2D eigenvalue weighted by Crippen LogP contribution is -2.14. The molecule has 0 saturated heterocycles. The van der Waals surface area contributed by atoms with Gasteiger partial charge in [0.1, 0.15) is 11.6 Å². The number of phenols is 1. The Hall–Kier alpha value is -3.15. The molecule has 0 saturated carbocycles. The van der Waals surface area contributed by atoms with Crippen LogP contribution in [-0.2, 0) is 16.0 Å². The van der Waals surface area contributed by atoms with Crippen molar-refractivity contribution in [2.24, 2.45) is 0 Å². The maximum atomic E-state index is 13.5. The summed E-state index contributed by atoms with van der Waals surface area (Å²) in [5.74, 6) is -1.35. The molecule has 25 heavy (non-hydrogen) atoms. The first kappa shape index (κ1) is 16.7. The highest BCUT2D eigenvalue weighted by Crippen LogP contribution is 2.30. The average molecular weight is 341 g/mol. The molecule has 0 unspecified atom stereocenters. The van der Waals surface area contributed by atoms with Gasteiger partial charge in [0.25, 0.3) is 5.91 Å². The van der Waals surface area contributed by atoms with Crippen molar-refractivity contribution in [2.45, 2.75) is 13.3 Å². The van der Waals surface area contributed by atoms with Gasteiger partial charge >= 0.3 is 5.97 Å². The second-order valence-electron chi connectivity index (χ2n) is 5.67. The number of rotatable bonds is 3. The molecule has 1 aromatic heterocycles. The number of fused-ring (bicyclic) bond motifs is 1. The quantitative estimate of drug-likeness (QED) is 0.743. The number of ether oxygens (including phenoxy) is 1. The molecule has 5 nitrogen and oxygen atoms in total. The molecule has 6 heteroatoms. The Morgan fingerprint density at radius 2 is 1.96 bits per heavy atom. The van der Waals surface area contributed by atoms with E-state index in [9.17, 15) is 19.1 Å². The summed E-state index contributed by atoms with van der Waals surface area (Å²) in [4.78, 5) is 24.6. The largest absolute Gasteiger partial charge is 0.508 e. The molecule has 0 aliphatic carbocycles. The number of benzene rings is 2. The van der Waals surface area contributed by atoms with Crippen molar-refractivity contribution in [3.63, 3.8) is 0 Å². The Balaban J connectivity index is 2.23. The SMILES string of the molecule is COC(=O)Cc1c(C)n(C(=O)c2cccc(F)c2)c2ccc(O)cc12. The molecule has 0 aliphatic rings. The zero-order valence-electron chi connectivity index (χ0n) is 13.7. The molecule has 3 rings (SSSR count). The Bertz CT molecular complexity index is 990. The van der Waals surface area contributed by atoms with Gasteiger partial charge < -0.3 is 9.84 Å². The highest BCUT2D eigenvalue weighted by molar-refractivity contribution is 6.04. The lowest BCUT2D eigenvalue weighted by Gasteiger charge is -2.08. The Morgan fingerprint density at radius 1 is 1.20 bits per heavy atom. The lowest BCUT2D eigenvalue weighted by molar-refractivity contribution is -0.139. The van der Waals surface area contributed by atoms with Gasteiger partial charge in [-0.1, -0.05) is 6.07 Å². The predicted molar refractivity (Wildman–Crippen MR) is 90.2 cm³/mol. The van der Waals surface area contributed by atoms with Crippen LogP contribution in [0.2, 0.25) is 0 Å². The van der Waals surface area contributed by atoms with Gasteiger partial charge in [0.15, 0.2) is 0 Å². The fourth-order valence-corrected chi connectivity index (χ4v) is 2.92. The third-order valence-corrected chi connectivity index (χ3v) is 4.14. The van der Waals surface area contributed by atoms with E-state index in [-0.39, 0.29) is 17.7 Å². The van der Waals surface area contributed by atoms with E-state index in [4.69, 9.17) is 4.74 Å². The molecule has 0 radical (unpaired) electrons. The first-order chi connectivity index (χ1) is 11.9. The van der Waals surface area contributed by atoms with Crippen LogP contribution >= 0.6 is 0 Å². The number of halogens is 1. The smallest absolute Gasteiger partial charge is 0.310 e. The van der Waals surface area contributed by atoms with Gasteiger partial charge in [0, 0.05) is 16.6 Å². The lowest BCUT2D eigenvalue weighted by atomic mass is 10.1. The zero-order chi connectivity index (χ0) is 18.1. The van der Waals surface area contributed by atoms with Gasteiger partial charge in [-0.25, -0.2) is 4.39 Å². The molecule has 0 aliphatic heterocycles. The Labute approximate surface area is 143 Å². The number of nitrogens with zero attached hydrogens (tertiary/aromatic N) is 1. The van der Waals surface area contributed by atoms with Crippen LogP contribution in [-0.4, -0.2) is 28.7 Å². The van der Waals surface area contributed by atoms with Crippen molar-refractivity contribution in [1.82, 2.24) is 4.57 Å². The van der Waals surface area contributed by atoms with Crippen molar-refractivity contribution in [2.75, 3.05) is 7.11 Å². The highest BCUT2D eigenvalue weighted by atomic mass is 19.1. The zero-order valence-corrected chi connectivity index (χ0v) is 13.7. The summed E-state index contributed by atoms with van der Waals surface area (Å²) in [6.07, 6.45) is -0.0360. The van der Waals surface area contributed by atoms with Crippen LogP contribution in [0.15, 0.2) is 42.5 Å². The van der Waals surface area contributed by atoms with Crippen LogP contribution in [0.5, 0.6) is 5.75 Å². The van der Waals surface area contributed by atoms with Crippen molar-refractivity contribution in [1.29, 1.82) is 0 Å². The molecule has 3 aromatic rings. The van der Waals surface area contributed by atoms with Gasteiger partial charge in [0.05, 0.1) is 19.0 Å². The number of hydrogen-bond donors (Lipinski definition) is 1. The minimum absolute atomic E-state index is 0.0222. The van der Waals surface area contributed by atoms with Gasteiger partial charge in [-0.3, -0.25) is 14.2 Å². The van der Waals surface area contributed by atoms with E-state index in [0.29, 0.717) is 22.2 Å². The van der Waals surface area contributed by atoms with Crippen LogP contribution in [0.4, 0.5) is 4.39 Å². The molecule has 0 fully saturated rings. The van der Waals surface area contributed by atoms with Gasteiger partial charge in [-0.15, -0.1) is 0 Å². The van der Waals surface area contributed by atoms with Crippen molar-refractivity contribution in [3.05, 3.63) is 65.1 Å². The maximum absolute atomic E-state index is 13.5. The normalized spacial score (nSPS) is 10.8. The molecule has 1 N–H and O–H groups in total. The first-order valence-electron chi connectivity index (χ1n) is 7.62. The highest BCUT2D eigenvalue weighted by Gasteiger charge is 2.22. The summed E-state index contributed by atoms with van der Waals surface area (Å²) >= 11 is 0. The molecule has 0 amide bonds. The van der Waals surface area contributed by atoms with Crippen LogP contribution in [0.25, 0.3) is 10.9 Å². The number of carbonyl (C=O) groups is 2. The summed E-state index contributed by atoms with van der Waals surface area (Å²) in [6.45, 7) is 1.70. The summed E-state index contributed by atoms with van der Waals surface area (Å²) in [5, 5.41) is 10.4. The van der Waals surface area contributed by atoms with Crippen molar-refractivity contribution in [3.8, 4) is 5.75 Å². The second kappa shape index (κ2) is 6.39. The molecular weight excluding hydrogens is 325 g/mol. The van der Waals surface area contributed by atoms with E-state index in [1.165, 1.54) is 42.0 Å². The topological polar surface area (TPSA) is 68.5 Å². The first-order valence-corrected chi connectivity index (χ1v) is 7.62. The van der Waals surface area contributed by atoms with Crippen LogP contribution in [0.1, 0.15) is 21.6 Å². The molecule has 2 aromatic carbocycles. The van der Waals surface area contributed by atoms with Crippen molar-refractivity contribution >= 4 is 22.8 Å². The van der Waals surface area contributed by atoms with E-state index in [1.807, 2.05) is 0 Å². The molecule has 0 atom stereocenters. The van der Waals surface area contributed by atoms with Crippen molar-refractivity contribution < 1.29 is 23.8 Å². The average Bonchev–Trinajstić information content (AvgIpc) is 2.85. The third kappa shape index (κ3) is 2.98. The summed E-state index contributed by atoms with van der Waals surface area (Å²) < 4.78 is 19.6. The van der Waals surface area contributed by atoms with Crippen LogP contribution in [0.3, 0.4) is 0 Å². The van der Waals surface area contributed by atoms with Crippen LogP contribution in [0, 0.1) is 12.7 Å². The molecule has 1 heterocycles. The number of hydrogen-bond acceptors (Lipinski definition) is 4. The predicted octanol–water partition coefficient (Wildman–Crippen LogP) is 3.20. The van der Waals surface area contributed by atoms with E-state index in [2.05, 4.69) is 0 Å². The fraction of sp³-hybridized carbons (Fsp3) is 0.158. The molecule has 0 spiro atoms. The van der Waals surface area contributed by atoms with Gasteiger partial charge in [-0.2, -0.15) is 0 Å². The number of aromatic hydroxyl groups is 1. The number of methoxy groups -OCH3 is 1. The van der Waals surface area contributed by atoms with Crippen LogP contribution < -0.4 is 0 Å². The summed E-state index contributed by atoms with van der Waals surface area (Å²) in [5.41, 5.74) is 1.85. The number of carbonyl (C=O) groups excluding carboxylic acids is 2. The minimum Gasteiger partial charge on any atom is -0.508 e. The monoisotopic (exact) mass is 341 g/mol. The molecule has 0 bridgehead atoms. The molecule has 128 valence electrons. The number of esters is 1. The third-order valence-electron chi connectivity index (χ3n) is 4.14. The molecular formula is C19H16FNO4. The standard InChI is InChI=1S/C19H16FNO4/c1-11-15(10-18(23)25-2)16-9-14(22)6-7-17(16)21(11)19(24)12-4-3-5-13(20)8-12/h3-9,22H,10H2,1-2H3. The summed E-state index contributed by atoms with van der Waals surface area (Å²) in [7, 11) is 1.28. The maximum Gasteiger partial charge on any atom is 0.310 e. The Kier molecular flexibility index (Phi) is 4.27. The van der Waals surface area contributed by atoms with Gasteiger partial charge in [-0.05, 0) is 48.9 Å². The van der Waals surface area contributed by atoms with E-state index < -0.39 is 17.7 Å². The summed E-state index contributed by atoms with van der Waals surface area (Å²) in [6, 6.07) is 9.96. The van der Waals surface area contributed by atoms with E-state index >= 15 is 0 Å². The number of aromatic nitrogens is 1. The van der Waals surface area contributed by atoms with E-state index in [1.54, 1.807) is 13.0 Å². The minimum atomic E-state index is -0.507. The van der Waals surface area contributed by atoms with Gasteiger partial charge in [0.2, 0.25) is 0 Å². The second-order valence-corrected chi connectivity index (χ2v) is 5.67. The Morgan fingerprint density at radius 3 is 2.64 bits per heavy atom. The number of phenolic OH excluding ortho intramolecular Hbond substituents is 1.